The lowest BCUT2D eigenvalue weighted by atomic mass is 10.0. The van der Waals surface area contributed by atoms with Crippen molar-refractivity contribution in [3.8, 4) is 17.2 Å². The number of amides is 3. The van der Waals surface area contributed by atoms with Gasteiger partial charge < -0.3 is 39.6 Å². The van der Waals surface area contributed by atoms with E-state index in [1.165, 1.54) is 11.4 Å². The highest BCUT2D eigenvalue weighted by molar-refractivity contribution is 7.91. The molecule has 1 aromatic heterocycles. The monoisotopic (exact) mass is 716 g/mol. The van der Waals surface area contributed by atoms with Crippen LogP contribution in [0.25, 0.3) is 0 Å². The Bertz CT molecular complexity index is 1700. The van der Waals surface area contributed by atoms with E-state index in [4.69, 9.17) is 18.9 Å². The number of rotatable bonds is 8. The number of hydrogen-bond donors (Lipinski definition) is 3. The first kappa shape index (κ1) is 36.4. The van der Waals surface area contributed by atoms with E-state index < -0.39 is 34.1 Å². The Morgan fingerprint density at radius 1 is 1.06 bits per heavy atom. The predicted molar refractivity (Wildman–Crippen MR) is 186 cm³/mol. The molecule has 3 aromatic rings. The number of nitrogens with zero attached hydrogens (tertiary/aromatic N) is 2. The third kappa shape index (κ3) is 9.02. The SMILES string of the molecule is C[C@@H]1CN([C@@H](C)CO)C(=O)c2cc(NC(=O)Nc3ccc4c(c3)OCO4)ccc2O[C@@H](C)CCCCO[C@@H]1CN(C)S(=O)(=O)c1cccs1. The van der Waals surface area contributed by atoms with Gasteiger partial charge in [-0.05, 0) is 74.9 Å². The van der Waals surface area contributed by atoms with E-state index in [-0.39, 0.29) is 48.3 Å². The number of nitrogens with one attached hydrogen (secondary N) is 2. The summed E-state index contributed by atoms with van der Waals surface area (Å²) in [6.07, 6.45) is 1.45. The van der Waals surface area contributed by atoms with Gasteiger partial charge in [0.05, 0.1) is 30.4 Å². The predicted octanol–water partition coefficient (Wildman–Crippen LogP) is 5.24. The highest BCUT2D eigenvalue weighted by atomic mass is 32.2. The Balaban J connectivity index is 1.39. The second-order valence-corrected chi connectivity index (χ2v) is 15.6. The van der Waals surface area contributed by atoms with Crippen LogP contribution in [-0.2, 0) is 14.8 Å². The maximum atomic E-state index is 14.4. The Kier molecular flexibility index (Phi) is 12.0. The van der Waals surface area contributed by atoms with Gasteiger partial charge in [-0.2, -0.15) is 4.31 Å². The standard InChI is InChI=1S/C34H44N4O9S2/c1-22-18-38(23(2)20-39)33(40)27-16-25(35-34(41)36-26-11-13-29-30(17-26)46-21-45-29)10-12-28(27)47-24(3)8-5-6-14-44-31(22)19-37(4)49(42,43)32-9-7-15-48-32/h7,9-13,15-17,22-24,31,39H,5-6,8,14,18-21H2,1-4H3,(H2,35,36,41)/t22-,23+,24+,31-/m1/s1. The quantitative estimate of drug-likeness (QED) is 0.284. The summed E-state index contributed by atoms with van der Waals surface area (Å²) >= 11 is 1.15. The van der Waals surface area contributed by atoms with Crippen molar-refractivity contribution >= 4 is 44.7 Å². The highest BCUT2D eigenvalue weighted by Gasteiger charge is 2.32. The molecule has 0 bridgehead atoms. The average Bonchev–Trinajstić information content (AvgIpc) is 3.79. The number of urea groups is 1. The number of likely N-dealkylation sites (N-methyl/N-ethyl adjacent to an activating group) is 1. The summed E-state index contributed by atoms with van der Waals surface area (Å²) in [5.41, 5.74) is 1.07. The molecule has 2 aromatic carbocycles. The zero-order valence-corrected chi connectivity index (χ0v) is 29.7. The molecular weight excluding hydrogens is 673 g/mol. The van der Waals surface area contributed by atoms with Crippen molar-refractivity contribution in [1.82, 2.24) is 9.21 Å². The summed E-state index contributed by atoms with van der Waals surface area (Å²) in [6, 6.07) is 12.1. The van der Waals surface area contributed by atoms with E-state index in [1.807, 2.05) is 13.8 Å². The van der Waals surface area contributed by atoms with Crippen LogP contribution in [0.4, 0.5) is 16.2 Å². The van der Waals surface area contributed by atoms with Crippen LogP contribution in [0.3, 0.4) is 0 Å². The Labute approximate surface area is 291 Å². The molecule has 15 heteroatoms. The number of carbonyl (C=O) groups excluding carboxylic acids is 2. The first-order valence-electron chi connectivity index (χ1n) is 16.3. The molecule has 0 saturated heterocycles. The first-order chi connectivity index (χ1) is 23.5. The number of anilines is 2. The number of aliphatic hydroxyl groups excluding tert-OH is 1. The van der Waals surface area contributed by atoms with Crippen molar-refractivity contribution in [3.63, 3.8) is 0 Å². The van der Waals surface area contributed by atoms with Crippen molar-refractivity contribution in [2.45, 2.75) is 62.5 Å². The van der Waals surface area contributed by atoms with Crippen molar-refractivity contribution in [2.24, 2.45) is 5.92 Å². The summed E-state index contributed by atoms with van der Waals surface area (Å²) in [7, 11) is -2.20. The molecule has 2 aliphatic rings. The lowest BCUT2D eigenvalue weighted by molar-refractivity contribution is -0.00832. The molecule has 0 saturated carbocycles. The second-order valence-electron chi connectivity index (χ2n) is 12.4. The lowest BCUT2D eigenvalue weighted by Crippen LogP contribution is -2.48. The van der Waals surface area contributed by atoms with Gasteiger partial charge in [0.2, 0.25) is 6.79 Å². The van der Waals surface area contributed by atoms with Crippen LogP contribution in [0.1, 0.15) is 50.4 Å². The molecule has 266 valence electrons. The summed E-state index contributed by atoms with van der Waals surface area (Å²) in [4.78, 5) is 28.9. The fourth-order valence-corrected chi connectivity index (χ4v) is 8.03. The van der Waals surface area contributed by atoms with Crippen LogP contribution >= 0.6 is 11.3 Å². The number of fused-ring (bicyclic) bond motifs is 2. The molecule has 5 rings (SSSR count). The van der Waals surface area contributed by atoms with Crippen LogP contribution in [0.5, 0.6) is 17.2 Å². The molecule has 4 atom stereocenters. The number of thiophene rings is 1. The first-order valence-corrected chi connectivity index (χ1v) is 18.6. The van der Waals surface area contributed by atoms with E-state index in [2.05, 4.69) is 10.6 Å². The normalized spacial score (nSPS) is 21.0. The molecule has 2 aliphatic heterocycles. The van der Waals surface area contributed by atoms with Crippen molar-refractivity contribution in [1.29, 1.82) is 0 Å². The van der Waals surface area contributed by atoms with E-state index in [0.29, 0.717) is 41.7 Å². The average molecular weight is 717 g/mol. The van der Waals surface area contributed by atoms with Gasteiger partial charge in [-0.1, -0.05) is 13.0 Å². The smallest absolute Gasteiger partial charge is 0.323 e. The van der Waals surface area contributed by atoms with Crippen LogP contribution < -0.4 is 24.8 Å². The molecule has 0 radical (unpaired) electrons. The number of ether oxygens (including phenoxy) is 4. The van der Waals surface area contributed by atoms with Crippen molar-refractivity contribution < 1.29 is 42.1 Å². The van der Waals surface area contributed by atoms with Crippen LogP contribution in [-0.4, -0.2) is 93.1 Å². The fraction of sp³-hybridized carbons (Fsp3) is 0.471. The lowest BCUT2D eigenvalue weighted by Gasteiger charge is -2.35. The summed E-state index contributed by atoms with van der Waals surface area (Å²) < 4.78 is 51.4. The zero-order chi connectivity index (χ0) is 35.1. The van der Waals surface area contributed by atoms with Crippen molar-refractivity contribution in [3.05, 3.63) is 59.5 Å². The summed E-state index contributed by atoms with van der Waals surface area (Å²) in [5, 5.41) is 17.5. The molecule has 3 heterocycles. The number of sulfonamides is 1. The molecule has 3 amide bonds. The van der Waals surface area contributed by atoms with Gasteiger partial charge in [-0.15, -0.1) is 11.3 Å². The molecule has 3 N–H and O–H groups in total. The van der Waals surface area contributed by atoms with Gasteiger partial charge in [-0.25, -0.2) is 13.2 Å². The third-order valence-electron chi connectivity index (χ3n) is 8.54. The van der Waals surface area contributed by atoms with Crippen LogP contribution in [0.15, 0.2) is 58.1 Å². The minimum absolute atomic E-state index is 0.0829. The van der Waals surface area contributed by atoms with Gasteiger partial charge in [-0.3, -0.25) is 4.79 Å². The Morgan fingerprint density at radius 3 is 2.49 bits per heavy atom. The minimum Gasteiger partial charge on any atom is -0.490 e. The highest BCUT2D eigenvalue weighted by Crippen LogP contribution is 2.34. The minimum atomic E-state index is -3.73. The maximum Gasteiger partial charge on any atom is 0.323 e. The van der Waals surface area contributed by atoms with Crippen LogP contribution in [0, 0.1) is 5.92 Å². The summed E-state index contributed by atoms with van der Waals surface area (Å²) in [5.74, 6) is 0.740. The molecule has 0 aliphatic carbocycles. The fourth-order valence-electron chi connectivity index (χ4n) is 5.65. The number of hydrogen-bond acceptors (Lipinski definition) is 10. The summed E-state index contributed by atoms with van der Waals surface area (Å²) in [6.45, 7) is 6.04. The second kappa shape index (κ2) is 16.2. The van der Waals surface area contributed by atoms with Gasteiger partial charge >= 0.3 is 6.03 Å². The van der Waals surface area contributed by atoms with Gasteiger partial charge in [0, 0.05) is 50.1 Å². The maximum absolute atomic E-state index is 14.4. The largest absolute Gasteiger partial charge is 0.490 e. The zero-order valence-electron chi connectivity index (χ0n) is 28.1. The number of carbonyl (C=O) groups is 2. The van der Waals surface area contributed by atoms with E-state index >= 15 is 0 Å². The van der Waals surface area contributed by atoms with Gasteiger partial charge in [0.1, 0.15) is 9.96 Å². The molecule has 0 spiro atoms. The van der Waals surface area contributed by atoms with E-state index in [0.717, 1.165) is 24.2 Å². The van der Waals surface area contributed by atoms with Crippen molar-refractivity contribution in [2.75, 3.05) is 50.8 Å². The molecule has 0 fully saturated rings. The third-order valence-corrected chi connectivity index (χ3v) is 11.7. The Morgan fingerprint density at radius 2 is 1.78 bits per heavy atom. The molecular formula is C34H44N4O9S2. The van der Waals surface area contributed by atoms with E-state index in [9.17, 15) is 23.1 Å². The van der Waals surface area contributed by atoms with Crippen LogP contribution in [0.2, 0.25) is 0 Å². The molecule has 0 unspecified atom stereocenters. The topological polar surface area (TPSA) is 156 Å². The van der Waals surface area contributed by atoms with Gasteiger partial charge in [0.15, 0.2) is 11.5 Å². The van der Waals surface area contributed by atoms with Gasteiger partial charge in [0.25, 0.3) is 15.9 Å². The molecule has 49 heavy (non-hydrogen) atoms. The number of benzene rings is 2. The number of aliphatic hydroxyl groups is 1. The molecule has 13 nitrogen and oxygen atoms in total. The Hall–Kier alpha value is -3.89. The van der Waals surface area contributed by atoms with E-state index in [1.54, 1.807) is 65.7 Å².